The number of phenolic OH excluding ortho intramolecular Hbond substituents is 1. The Kier molecular flexibility index (Phi) is 4.58. The van der Waals surface area contributed by atoms with Crippen molar-refractivity contribution in [3.63, 3.8) is 0 Å². The summed E-state index contributed by atoms with van der Waals surface area (Å²) in [5.41, 5.74) is 1.84. The van der Waals surface area contributed by atoms with E-state index in [4.69, 9.17) is 0 Å². The van der Waals surface area contributed by atoms with Crippen LogP contribution in [0.15, 0.2) is 53.0 Å². The van der Waals surface area contributed by atoms with Crippen molar-refractivity contribution in [2.75, 3.05) is 0 Å². The summed E-state index contributed by atoms with van der Waals surface area (Å²) < 4.78 is 0.993. The van der Waals surface area contributed by atoms with Crippen LogP contribution < -0.4 is 5.32 Å². The molecule has 2 aromatic rings. The predicted octanol–water partition coefficient (Wildman–Crippen LogP) is 3.01. The molecule has 0 aromatic heterocycles. The normalized spacial score (nSPS) is 10.2. The fraction of sp³-hybridized carbons (Fsp3) is 0.133. The molecule has 2 aromatic carbocycles. The quantitative estimate of drug-likeness (QED) is 0.910. The minimum Gasteiger partial charge on any atom is -0.508 e. The molecule has 1 amide bonds. The number of carbonyl (C=O) groups excluding carboxylic acids is 1. The zero-order valence-electron chi connectivity index (χ0n) is 10.3. The van der Waals surface area contributed by atoms with Crippen LogP contribution in [-0.2, 0) is 17.8 Å². The van der Waals surface area contributed by atoms with Crippen molar-refractivity contribution in [2.45, 2.75) is 13.0 Å². The second-order valence-corrected chi connectivity index (χ2v) is 5.17. The fourth-order valence-electron chi connectivity index (χ4n) is 1.76. The molecular weight excluding hydrogens is 306 g/mol. The number of nitrogens with one attached hydrogen (secondary N) is 1. The average Bonchev–Trinajstić information content (AvgIpc) is 2.36. The highest BCUT2D eigenvalue weighted by Gasteiger charge is 2.04. The van der Waals surface area contributed by atoms with E-state index in [-0.39, 0.29) is 18.1 Å². The monoisotopic (exact) mass is 319 g/mol. The first kappa shape index (κ1) is 13.6. The number of benzene rings is 2. The first-order chi connectivity index (χ1) is 9.13. The molecule has 0 heterocycles. The Morgan fingerprint density at radius 3 is 2.58 bits per heavy atom. The average molecular weight is 320 g/mol. The van der Waals surface area contributed by atoms with E-state index in [2.05, 4.69) is 21.2 Å². The van der Waals surface area contributed by atoms with E-state index in [9.17, 15) is 9.90 Å². The van der Waals surface area contributed by atoms with Gasteiger partial charge in [-0.25, -0.2) is 0 Å². The number of halogens is 1. The molecule has 19 heavy (non-hydrogen) atoms. The highest BCUT2D eigenvalue weighted by Crippen LogP contribution is 2.12. The Morgan fingerprint density at radius 1 is 1.11 bits per heavy atom. The number of phenols is 1. The largest absolute Gasteiger partial charge is 0.508 e. The van der Waals surface area contributed by atoms with Crippen molar-refractivity contribution in [2.24, 2.45) is 0 Å². The SMILES string of the molecule is O=C(Cc1cccc(O)c1)NCc1cccc(Br)c1. The van der Waals surface area contributed by atoms with Crippen LogP contribution in [0, 0.1) is 0 Å². The van der Waals surface area contributed by atoms with Gasteiger partial charge in [0.1, 0.15) is 5.75 Å². The molecular formula is C15H14BrNO2. The third-order valence-electron chi connectivity index (χ3n) is 2.65. The Balaban J connectivity index is 1.88. The van der Waals surface area contributed by atoms with Gasteiger partial charge in [0, 0.05) is 11.0 Å². The summed E-state index contributed by atoms with van der Waals surface area (Å²) in [7, 11) is 0. The van der Waals surface area contributed by atoms with E-state index in [0.717, 1.165) is 15.6 Å². The summed E-state index contributed by atoms with van der Waals surface area (Å²) in [6.07, 6.45) is 0.266. The van der Waals surface area contributed by atoms with Gasteiger partial charge in [0.05, 0.1) is 6.42 Å². The zero-order valence-corrected chi connectivity index (χ0v) is 11.9. The van der Waals surface area contributed by atoms with Crippen LogP contribution in [0.25, 0.3) is 0 Å². The van der Waals surface area contributed by atoms with Crippen LogP contribution in [0.2, 0.25) is 0 Å². The van der Waals surface area contributed by atoms with E-state index in [1.54, 1.807) is 18.2 Å². The van der Waals surface area contributed by atoms with E-state index in [0.29, 0.717) is 6.54 Å². The predicted molar refractivity (Wildman–Crippen MR) is 77.8 cm³/mol. The Labute approximate surface area is 120 Å². The van der Waals surface area contributed by atoms with Crippen LogP contribution in [0.5, 0.6) is 5.75 Å². The van der Waals surface area contributed by atoms with Gasteiger partial charge in [-0.15, -0.1) is 0 Å². The van der Waals surface area contributed by atoms with E-state index < -0.39 is 0 Å². The zero-order chi connectivity index (χ0) is 13.7. The number of aromatic hydroxyl groups is 1. The molecule has 0 saturated heterocycles. The maximum atomic E-state index is 11.8. The number of amides is 1. The van der Waals surface area contributed by atoms with Gasteiger partial charge in [0.25, 0.3) is 0 Å². The molecule has 0 spiro atoms. The topological polar surface area (TPSA) is 49.3 Å². The van der Waals surface area contributed by atoms with Gasteiger partial charge in [-0.3, -0.25) is 4.79 Å². The van der Waals surface area contributed by atoms with Crippen LogP contribution in [0.4, 0.5) is 0 Å². The molecule has 2 rings (SSSR count). The molecule has 2 N–H and O–H groups in total. The summed E-state index contributed by atoms with van der Waals surface area (Å²) in [6.45, 7) is 0.497. The highest BCUT2D eigenvalue weighted by atomic mass is 79.9. The molecule has 98 valence electrons. The van der Waals surface area contributed by atoms with E-state index >= 15 is 0 Å². The molecule has 0 aliphatic heterocycles. The van der Waals surface area contributed by atoms with Crippen molar-refractivity contribution in [1.29, 1.82) is 0 Å². The van der Waals surface area contributed by atoms with E-state index in [1.165, 1.54) is 0 Å². The summed E-state index contributed by atoms with van der Waals surface area (Å²) in [5.74, 6) is 0.114. The Hall–Kier alpha value is -1.81. The van der Waals surface area contributed by atoms with Crippen LogP contribution in [-0.4, -0.2) is 11.0 Å². The van der Waals surface area contributed by atoms with Gasteiger partial charge in [0.15, 0.2) is 0 Å². The summed E-state index contributed by atoms with van der Waals surface area (Å²) in [6, 6.07) is 14.5. The Morgan fingerprint density at radius 2 is 1.84 bits per heavy atom. The minimum absolute atomic E-state index is 0.0643. The maximum Gasteiger partial charge on any atom is 0.224 e. The smallest absolute Gasteiger partial charge is 0.224 e. The van der Waals surface area contributed by atoms with Crippen molar-refractivity contribution >= 4 is 21.8 Å². The van der Waals surface area contributed by atoms with Gasteiger partial charge >= 0.3 is 0 Å². The number of hydrogen-bond donors (Lipinski definition) is 2. The number of carbonyl (C=O) groups is 1. The molecule has 4 heteroatoms. The van der Waals surface area contributed by atoms with Crippen molar-refractivity contribution in [1.82, 2.24) is 5.32 Å². The van der Waals surface area contributed by atoms with Crippen molar-refractivity contribution in [3.8, 4) is 5.75 Å². The van der Waals surface area contributed by atoms with Gasteiger partial charge in [-0.05, 0) is 35.4 Å². The van der Waals surface area contributed by atoms with Gasteiger partial charge < -0.3 is 10.4 Å². The summed E-state index contributed by atoms with van der Waals surface area (Å²) in [5, 5.41) is 12.2. The Bertz CT molecular complexity index is 584. The molecule has 0 aliphatic rings. The van der Waals surface area contributed by atoms with Crippen LogP contribution in [0.1, 0.15) is 11.1 Å². The first-order valence-corrected chi connectivity index (χ1v) is 6.72. The molecule has 0 unspecified atom stereocenters. The second-order valence-electron chi connectivity index (χ2n) is 4.25. The third-order valence-corrected chi connectivity index (χ3v) is 3.15. The molecule has 0 radical (unpaired) electrons. The van der Waals surface area contributed by atoms with Gasteiger partial charge in [0.2, 0.25) is 5.91 Å². The van der Waals surface area contributed by atoms with Gasteiger partial charge in [-0.2, -0.15) is 0 Å². The first-order valence-electron chi connectivity index (χ1n) is 5.92. The number of hydrogen-bond acceptors (Lipinski definition) is 2. The summed E-state index contributed by atoms with van der Waals surface area (Å²) >= 11 is 3.39. The van der Waals surface area contributed by atoms with Crippen molar-refractivity contribution in [3.05, 3.63) is 64.1 Å². The molecule has 0 saturated carbocycles. The fourth-order valence-corrected chi connectivity index (χ4v) is 2.21. The lowest BCUT2D eigenvalue weighted by molar-refractivity contribution is -0.120. The molecule has 0 aliphatic carbocycles. The highest BCUT2D eigenvalue weighted by molar-refractivity contribution is 9.10. The molecule has 0 atom stereocenters. The minimum atomic E-state index is -0.0643. The lowest BCUT2D eigenvalue weighted by atomic mass is 10.1. The summed E-state index contributed by atoms with van der Waals surface area (Å²) in [4.78, 5) is 11.8. The molecule has 0 fully saturated rings. The number of rotatable bonds is 4. The lowest BCUT2D eigenvalue weighted by Gasteiger charge is -2.06. The standard InChI is InChI=1S/C15H14BrNO2/c16-13-5-1-4-12(7-13)10-17-15(19)9-11-3-2-6-14(18)8-11/h1-8,18H,9-10H2,(H,17,19). The van der Waals surface area contributed by atoms with Crippen molar-refractivity contribution < 1.29 is 9.90 Å². The van der Waals surface area contributed by atoms with Gasteiger partial charge in [-0.1, -0.05) is 40.2 Å². The third kappa shape index (κ3) is 4.41. The van der Waals surface area contributed by atoms with Crippen LogP contribution in [0.3, 0.4) is 0 Å². The lowest BCUT2D eigenvalue weighted by Crippen LogP contribution is -2.24. The molecule has 3 nitrogen and oxygen atoms in total. The molecule has 0 bridgehead atoms. The van der Waals surface area contributed by atoms with Crippen LogP contribution >= 0.6 is 15.9 Å². The van der Waals surface area contributed by atoms with E-state index in [1.807, 2.05) is 30.3 Å². The maximum absolute atomic E-state index is 11.8. The second kappa shape index (κ2) is 6.38.